The van der Waals surface area contributed by atoms with Crippen molar-refractivity contribution in [3.05, 3.63) is 44.6 Å². The number of likely N-dealkylation sites (tertiary alicyclic amines) is 1. The van der Waals surface area contributed by atoms with Crippen molar-refractivity contribution in [2.24, 2.45) is 0 Å². The smallest absolute Gasteiger partial charge is 0.358 e. The molecule has 1 N–H and O–H groups in total. The third-order valence-corrected chi connectivity index (χ3v) is 5.31. The average molecular weight is 416 g/mol. The van der Waals surface area contributed by atoms with Crippen molar-refractivity contribution in [1.82, 2.24) is 19.9 Å². The Morgan fingerprint density at radius 2 is 2.10 bits per heavy atom. The molecule has 0 unspecified atom stereocenters. The lowest BCUT2D eigenvalue weighted by atomic mass is 10.1. The number of rotatable bonds is 4. The molecule has 0 saturated carbocycles. The molecular formula is C13H12Br2N4O2. The molecule has 0 atom stereocenters. The van der Waals surface area contributed by atoms with Crippen LogP contribution >= 0.6 is 31.9 Å². The van der Waals surface area contributed by atoms with E-state index in [9.17, 15) is 4.79 Å². The van der Waals surface area contributed by atoms with Crippen molar-refractivity contribution < 1.29 is 9.90 Å². The van der Waals surface area contributed by atoms with E-state index in [1.165, 1.54) is 11.8 Å². The van der Waals surface area contributed by atoms with Gasteiger partial charge in [0.1, 0.15) is 0 Å². The lowest BCUT2D eigenvalue weighted by Crippen LogP contribution is -2.47. The highest BCUT2D eigenvalue weighted by Gasteiger charge is 2.29. The van der Waals surface area contributed by atoms with Gasteiger partial charge in [-0.2, -0.15) is 0 Å². The van der Waals surface area contributed by atoms with E-state index in [-0.39, 0.29) is 11.7 Å². The number of hydrogen-bond acceptors (Lipinski definition) is 4. The molecule has 1 saturated heterocycles. The molecular weight excluding hydrogens is 404 g/mol. The van der Waals surface area contributed by atoms with E-state index in [2.05, 4.69) is 59.2 Å². The molecule has 8 heteroatoms. The number of aromatic carboxylic acids is 1. The Hall–Kier alpha value is -1.25. The average Bonchev–Trinajstić information content (AvgIpc) is 2.87. The van der Waals surface area contributed by atoms with E-state index in [4.69, 9.17) is 5.11 Å². The molecule has 0 amide bonds. The molecule has 1 aromatic heterocycles. The van der Waals surface area contributed by atoms with Gasteiger partial charge in [0.15, 0.2) is 5.69 Å². The summed E-state index contributed by atoms with van der Waals surface area (Å²) in [6.45, 7) is 2.55. The minimum atomic E-state index is -1.04. The summed E-state index contributed by atoms with van der Waals surface area (Å²) in [7, 11) is 0. The van der Waals surface area contributed by atoms with Gasteiger partial charge in [-0.1, -0.05) is 11.3 Å². The van der Waals surface area contributed by atoms with Crippen LogP contribution in [0.15, 0.2) is 33.3 Å². The number of nitrogens with zero attached hydrogens (tertiary/aromatic N) is 4. The van der Waals surface area contributed by atoms with Crippen molar-refractivity contribution in [3.63, 3.8) is 0 Å². The van der Waals surface area contributed by atoms with Gasteiger partial charge in [0, 0.05) is 28.6 Å². The van der Waals surface area contributed by atoms with Crippen LogP contribution in [0.5, 0.6) is 0 Å². The second-order valence-corrected chi connectivity index (χ2v) is 6.69. The number of carbonyl (C=O) groups is 1. The first-order valence-corrected chi connectivity index (χ1v) is 7.93. The first-order valence-electron chi connectivity index (χ1n) is 6.34. The number of halogens is 2. The number of hydrogen-bond donors (Lipinski definition) is 1. The van der Waals surface area contributed by atoms with E-state index in [0.717, 1.165) is 28.6 Å². The maximum absolute atomic E-state index is 10.8. The van der Waals surface area contributed by atoms with Gasteiger partial charge in [-0.05, 0) is 49.6 Å². The topological polar surface area (TPSA) is 71.2 Å². The van der Waals surface area contributed by atoms with Gasteiger partial charge in [-0.15, -0.1) is 5.10 Å². The molecule has 2 aromatic rings. The SMILES string of the molecule is O=C(O)c1cn(C2CN(Cc3ccc(Br)c(Br)c3)C2)nn1. The van der Waals surface area contributed by atoms with Crippen molar-refractivity contribution in [3.8, 4) is 0 Å². The molecule has 110 valence electrons. The largest absolute Gasteiger partial charge is 0.476 e. The van der Waals surface area contributed by atoms with Crippen molar-refractivity contribution >= 4 is 37.8 Å². The Morgan fingerprint density at radius 3 is 2.71 bits per heavy atom. The van der Waals surface area contributed by atoms with E-state index in [1.54, 1.807) is 4.68 Å². The first-order chi connectivity index (χ1) is 10.0. The Kier molecular flexibility index (Phi) is 4.10. The zero-order valence-corrected chi connectivity index (χ0v) is 14.1. The Labute approximate surface area is 138 Å². The highest BCUT2D eigenvalue weighted by Crippen LogP contribution is 2.27. The van der Waals surface area contributed by atoms with E-state index >= 15 is 0 Å². The van der Waals surface area contributed by atoms with Crippen LogP contribution in [-0.4, -0.2) is 44.1 Å². The lowest BCUT2D eigenvalue weighted by molar-refractivity contribution is 0.0690. The van der Waals surface area contributed by atoms with E-state index in [1.807, 2.05) is 6.07 Å². The van der Waals surface area contributed by atoms with Gasteiger partial charge in [-0.3, -0.25) is 4.90 Å². The van der Waals surface area contributed by atoms with Crippen molar-refractivity contribution in [2.75, 3.05) is 13.1 Å². The third-order valence-electron chi connectivity index (χ3n) is 3.43. The summed E-state index contributed by atoms with van der Waals surface area (Å²) in [6, 6.07) is 6.40. The monoisotopic (exact) mass is 414 g/mol. The molecule has 1 aromatic carbocycles. The number of carboxylic acid groups (broad SMARTS) is 1. The number of carboxylic acids is 1. The zero-order valence-electron chi connectivity index (χ0n) is 10.9. The van der Waals surface area contributed by atoms with Crippen LogP contribution < -0.4 is 0 Å². The van der Waals surface area contributed by atoms with E-state index < -0.39 is 5.97 Å². The van der Waals surface area contributed by atoms with Crippen LogP contribution in [0.2, 0.25) is 0 Å². The predicted molar refractivity (Wildman–Crippen MR) is 83.1 cm³/mol. The summed E-state index contributed by atoms with van der Waals surface area (Å²) in [4.78, 5) is 13.1. The minimum absolute atomic E-state index is 0.00899. The normalized spacial score (nSPS) is 15.9. The summed E-state index contributed by atoms with van der Waals surface area (Å²) in [5, 5.41) is 16.3. The fraction of sp³-hybridized carbons (Fsp3) is 0.308. The van der Waals surface area contributed by atoms with Crippen LogP contribution in [-0.2, 0) is 6.54 Å². The summed E-state index contributed by atoms with van der Waals surface area (Å²) in [5.74, 6) is -1.04. The summed E-state index contributed by atoms with van der Waals surface area (Å²) < 4.78 is 3.72. The van der Waals surface area contributed by atoms with Crippen molar-refractivity contribution in [1.29, 1.82) is 0 Å². The molecule has 3 rings (SSSR count). The maximum atomic E-state index is 10.8. The second kappa shape index (κ2) is 5.86. The molecule has 0 aliphatic carbocycles. The molecule has 6 nitrogen and oxygen atoms in total. The molecule has 21 heavy (non-hydrogen) atoms. The Balaban J connectivity index is 1.57. The van der Waals surface area contributed by atoms with Crippen LogP contribution in [0.3, 0.4) is 0 Å². The minimum Gasteiger partial charge on any atom is -0.476 e. The Morgan fingerprint density at radius 1 is 1.33 bits per heavy atom. The molecule has 0 spiro atoms. The maximum Gasteiger partial charge on any atom is 0.358 e. The molecule has 0 bridgehead atoms. The van der Waals surface area contributed by atoms with Crippen molar-refractivity contribution in [2.45, 2.75) is 12.6 Å². The highest BCUT2D eigenvalue weighted by molar-refractivity contribution is 9.13. The summed E-state index contributed by atoms with van der Waals surface area (Å²) >= 11 is 6.95. The predicted octanol–water partition coefficient (Wildman–Crippen LogP) is 2.56. The van der Waals surface area contributed by atoms with Crippen LogP contribution in [0.4, 0.5) is 0 Å². The lowest BCUT2D eigenvalue weighted by Gasteiger charge is -2.38. The van der Waals surface area contributed by atoms with Gasteiger partial charge in [0.05, 0.1) is 12.2 Å². The highest BCUT2D eigenvalue weighted by atomic mass is 79.9. The number of aromatic nitrogens is 3. The molecule has 1 aliphatic rings. The van der Waals surface area contributed by atoms with Gasteiger partial charge < -0.3 is 5.11 Å². The summed E-state index contributed by atoms with van der Waals surface area (Å²) in [5.41, 5.74) is 1.22. The molecule has 1 fully saturated rings. The third kappa shape index (κ3) is 3.17. The number of benzene rings is 1. The van der Waals surface area contributed by atoms with Gasteiger partial charge in [-0.25, -0.2) is 9.48 Å². The quantitative estimate of drug-likeness (QED) is 0.830. The molecule has 2 heterocycles. The van der Waals surface area contributed by atoms with Gasteiger partial charge in [0.25, 0.3) is 0 Å². The van der Waals surface area contributed by atoms with Crippen LogP contribution in [0.25, 0.3) is 0 Å². The van der Waals surface area contributed by atoms with E-state index in [0.29, 0.717) is 0 Å². The first kappa shape index (κ1) is 14.7. The fourth-order valence-electron chi connectivity index (χ4n) is 2.29. The molecule has 0 radical (unpaired) electrons. The van der Waals surface area contributed by atoms with Gasteiger partial charge in [0.2, 0.25) is 0 Å². The Bertz CT molecular complexity index is 683. The fourth-order valence-corrected chi connectivity index (χ4v) is 2.96. The standard InChI is InChI=1S/C13H12Br2N4O2/c14-10-2-1-8(3-11(10)15)4-18-5-9(6-18)19-7-12(13(20)21)16-17-19/h1-3,7,9H,4-6H2,(H,20,21). The summed E-state index contributed by atoms with van der Waals surface area (Å²) in [6.07, 6.45) is 1.49. The van der Waals surface area contributed by atoms with Gasteiger partial charge >= 0.3 is 5.97 Å². The van der Waals surface area contributed by atoms with Crippen LogP contribution in [0, 0.1) is 0 Å². The second-order valence-electron chi connectivity index (χ2n) is 4.99. The molecule has 1 aliphatic heterocycles. The zero-order chi connectivity index (χ0) is 15.0. The van der Waals surface area contributed by atoms with Crippen LogP contribution in [0.1, 0.15) is 22.1 Å².